The minimum absolute atomic E-state index is 0.371. The predicted octanol–water partition coefficient (Wildman–Crippen LogP) is 2.05. The maximum absolute atomic E-state index is 11.1. The smallest absolute Gasteiger partial charge is 0.335 e. The number of likely N-dealkylation sites (N-methyl/N-ethyl adjacent to an activating group) is 1. The van der Waals surface area contributed by atoms with Crippen molar-refractivity contribution in [1.29, 1.82) is 0 Å². The minimum Gasteiger partial charge on any atom is -0.478 e. The second-order valence-electron chi connectivity index (χ2n) is 4.43. The van der Waals surface area contributed by atoms with Crippen LogP contribution in [0, 0.1) is 0 Å². The van der Waals surface area contributed by atoms with Gasteiger partial charge < -0.3 is 9.63 Å². The van der Waals surface area contributed by atoms with E-state index in [1.807, 2.05) is 25.2 Å². The number of rotatable bonds is 6. The molecular weight excluding hydrogens is 244 g/mol. The van der Waals surface area contributed by atoms with Crippen molar-refractivity contribution in [3.63, 3.8) is 0 Å². The highest BCUT2D eigenvalue weighted by Crippen LogP contribution is 2.11. The zero-order valence-corrected chi connectivity index (χ0v) is 10.7. The van der Waals surface area contributed by atoms with Crippen molar-refractivity contribution in [3.05, 3.63) is 53.4 Å². The van der Waals surface area contributed by atoms with E-state index in [4.69, 9.17) is 9.63 Å². The number of aromatic carboxylic acids is 1. The maximum atomic E-state index is 11.1. The lowest BCUT2D eigenvalue weighted by Crippen LogP contribution is -2.21. The Balaban J connectivity index is 1.93. The van der Waals surface area contributed by atoms with Crippen LogP contribution in [0.25, 0.3) is 0 Å². The van der Waals surface area contributed by atoms with Crippen molar-refractivity contribution in [2.75, 3.05) is 13.6 Å². The third-order valence-electron chi connectivity index (χ3n) is 2.93. The molecule has 0 aliphatic heterocycles. The molecule has 0 saturated heterocycles. The van der Waals surface area contributed by atoms with Gasteiger partial charge in [0.15, 0.2) is 5.76 Å². The molecule has 1 N–H and O–H groups in total. The van der Waals surface area contributed by atoms with Crippen LogP contribution in [0.3, 0.4) is 0 Å². The summed E-state index contributed by atoms with van der Waals surface area (Å²) in [5.41, 5.74) is 1.22. The maximum Gasteiger partial charge on any atom is 0.335 e. The van der Waals surface area contributed by atoms with Crippen LogP contribution in [-0.2, 0) is 13.0 Å². The molecule has 0 radical (unpaired) electrons. The highest BCUT2D eigenvalue weighted by Gasteiger charge is 2.10. The number of nitrogens with zero attached hydrogens (tertiary/aromatic N) is 2. The second-order valence-corrected chi connectivity index (χ2v) is 4.43. The van der Waals surface area contributed by atoms with Crippen molar-refractivity contribution >= 4 is 5.97 Å². The normalized spacial score (nSPS) is 10.8. The molecule has 0 bridgehead atoms. The van der Waals surface area contributed by atoms with Gasteiger partial charge >= 0.3 is 5.97 Å². The van der Waals surface area contributed by atoms with Crippen LogP contribution in [0.2, 0.25) is 0 Å². The molecule has 5 heteroatoms. The van der Waals surface area contributed by atoms with Crippen LogP contribution in [-0.4, -0.2) is 34.7 Å². The molecule has 0 aliphatic rings. The molecule has 0 aliphatic carbocycles. The summed E-state index contributed by atoms with van der Waals surface area (Å²) in [6.07, 6.45) is 2.30. The van der Waals surface area contributed by atoms with Gasteiger partial charge in [-0.15, -0.1) is 0 Å². The van der Waals surface area contributed by atoms with Crippen molar-refractivity contribution in [2.45, 2.75) is 13.0 Å². The zero-order chi connectivity index (χ0) is 13.7. The third-order valence-corrected chi connectivity index (χ3v) is 2.93. The van der Waals surface area contributed by atoms with Crippen LogP contribution in [0.5, 0.6) is 0 Å². The van der Waals surface area contributed by atoms with Gasteiger partial charge in [0.2, 0.25) is 0 Å². The molecule has 1 aromatic carbocycles. The summed E-state index contributed by atoms with van der Waals surface area (Å²) >= 11 is 0. The molecule has 100 valence electrons. The second kappa shape index (κ2) is 6.15. The molecule has 19 heavy (non-hydrogen) atoms. The first-order valence-electron chi connectivity index (χ1n) is 6.06. The van der Waals surface area contributed by atoms with Crippen molar-refractivity contribution in [2.24, 2.45) is 0 Å². The molecular formula is C14H16N2O3. The summed E-state index contributed by atoms with van der Waals surface area (Å²) in [6.45, 7) is 1.42. The summed E-state index contributed by atoms with van der Waals surface area (Å²) in [5, 5.41) is 12.8. The Morgan fingerprint density at radius 1 is 1.37 bits per heavy atom. The Hall–Kier alpha value is -2.14. The lowest BCUT2D eigenvalue weighted by Gasteiger charge is -2.15. The van der Waals surface area contributed by atoms with E-state index in [0.29, 0.717) is 18.5 Å². The fourth-order valence-electron chi connectivity index (χ4n) is 1.93. The molecule has 2 rings (SSSR count). The molecule has 0 fully saturated rings. The number of aromatic nitrogens is 1. The number of carboxylic acids is 1. The van der Waals surface area contributed by atoms with Gasteiger partial charge in [-0.2, -0.15) is 0 Å². The number of carboxylic acid groups (broad SMARTS) is 1. The largest absolute Gasteiger partial charge is 0.478 e. The SMILES string of the molecule is CN(CCc1ccccc1C(=O)O)Cc1ccno1. The number of benzene rings is 1. The zero-order valence-electron chi connectivity index (χ0n) is 10.7. The molecule has 1 heterocycles. The number of hydrogen-bond donors (Lipinski definition) is 1. The lowest BCUT2D eigenvalue weighted by atomic mass is 10.0. The van der Waals surface area contributed by atoms with Crippen LogP contribution in [0.15, 0.2) is 41.1 Å². The number of hydrogen-bond acceptors (Lipinski definition) is 4. The summed E-state index contributed by atoms with van der Waals surface area (Å²) in [7, 11) is 1.96. The Morgan fingerprint density at radius 2 is 2.16 bits per heavy atom. The molecule has 0 unspecified atom stereocenters. The van der Waals surface area contributed by atoms with Crippen LogP contribution in [0.1, 0.15) is 21.7 Å². The standard InChI is InChI=1S/C14H16N2O3/c1-16(10-12-6-8-15-19-12)9-7-11-4-2-3-5-13(11)14(17)18/h2-6,8H,7,9-10H2,1H3,(H,17,18). The Bertz CT molecular complexity index is 537. The van der Waals surface area contributed by atoms with Crippen LogP contribution in [0.4, 0.5) is 0 Å². The fourth-order valence-corrected chi connectivity index (χ4v) is 1.93. The Kier molecular flexibility index (Phi) is 4.30. The van der Waals surface area contributed by atoms with E-state index in [-0.39, 0.29) is 0 Å². The Labute approximate surface area is 111 Å². The quantitative estimate of drug-likeness (QED) is 0.861. The van der Waals surface area contributed by atoms with Crippen molar-refractivity contribution in [1.82, 2.24) is 10.1 Å². The lowest BCUT2D eigenvalue weighted by molar-refractivity contribution is 0.0695. The monoisotopic (exact) mass is 260 g/mol. The minimum atomic E-state index is -0.881. The van der Waals surface area contributed by atoms with Gasteiger partial charge in [-0.1, -0.05) is 23.4 Å². The van der Waals surface area contributed by atoms with Gasteiger partial charge in [0.1, 0.15) is 0 Å². The molecule has 2 aromatic rings. The molecule has 0 saturated carbocycles. The average Bonchev–Trinajstić information content (AvgIpc) is 2.89. The average molecular weight is 260 g/mol. The van der Waals surface area contributed by atoms with E-state index in [9.17, 15) is 4.79 Å². The molecule has 0 spiro atoms. The first-order valence-corrected chi connectivity index (χ1v) is 6.06. The summed E-state index contributed by atoms with van der Waals surface area (Å²) in [4.78, 5) is 13.2. The van der Waals surface area contributed by atoms with E-state index in [1.54, 1.807) is 18.3 Å². The topological polar surface area (TPSA) is 66.6 Å². The van der Waals surface area contributed by atoms with E-state index in [0.717, 1.165) is 17.9 Å². The van der Waals surface area contributed by atoms with Gasteiger partial charge in [0.25, 0.3) is 0 Å². The summed E-state index contributed by atoms with van der Waals surface area (Å²) < 4.78 is 5.03. The molecule has 0 atom stereocenters. The van der Waals surface area contributed by atoms with E-state index in [2.05, 4.69) is 10.1 Å². The van der Waals surface area contributed by atoms with E-state index in [1.165, 1.54) is 0 Å². The first-order chi connectivity index (χ1) is 9.16. The van der Waals surface area contributed by atoms with Crippen molar-refractivity contribution < 1.29 is 14.4 Å². The summed E-state index contributed by atoms with van der Waals surface area (Å²) in [6, 6.07) is 8.91. The first kappa shape index (κ1) is 13.3. The predicted molar refractivity (Wildman–Crippen MR) is 69.9 cm³/mol. The molecule has 5 nitrogen and oxygen atoms in total. The summed E-state index contributed by atoms with van der Waals surface area (Å²) in [5.74, 6) is -0.0810. The highest BCUT2D eigenvalue weighted by molar-refractivity contribution is 5.89. The van der Waals surface area contributed by atoms with Gasteiger partial charge in [-0.3, -0.25) is 4.90 Å². The van der Waals surface area contributed by atoms with Crippen molar-refractivity contribution in [3.8, 4) is 0 Å². The van der Waals surface area contributed by atoms with Gasteiger partial charge in [-0.05, 0) is 25.1 Å². The van der Waals surface area contributed by atoms with Crippen LogP contribution < -0.4 is 0 Å². The Morgan fingerprint density at radius 3 is 2.84 bits per heavy atom. The molecule has 1 aromatic heterocycles. The highest BCUT2D eigenvalue weighted by atomic mass is 16.5. The van der Waals surface area contributed by atoms with Gasteiger partial charge in [-0.25, -0.2) is 4.79 Å². The van der Waals surface area contributed by atoms with Crippen LogP contribution >= 0.6 is 0 Å². The third kappa shape index (κ3) is 3.66. The van der Waals surface area contributed by atoms with E-state index >= 15 is 0 Å². The molecule has 0 amide bonds. The van der Waals surface area contributed by atoms with E-state index < -0.39 is 5.97 Å². The number of carbonyl (C=O) groups is 1. The fraction of sp³-hybridized carbons (Fsp3) is 0.286. The van der Waals surface area contributed by atoms with Gasteiger partial charge in [0.05, 0.1) is 18.3 Å². The van der Waals surface area contributed by atoms with Gasteiger partial charge in [0, 0.05) is 12.6 Å².